The number of anilines is 1. The third-order valence-electron chi connectivity index (χ3n) is 4.20. The SMILES string of the molecule is CC(C)C[C@H](NC(=O)Nc1ccc(Br)cc1)C(=O)N(C)C(C(=O)O)C(C)(C)C. The minimum atomic E-state index is -1.08. The number of likely N-dealkylation sites (N-methyl/N-ethyl adjacent to an activating group) is 1. The van der Waals surface area contributed by atoms with Gasteiger partial charge >= 0.3 is 12.0 Å². The fourth-order valence-electron chi connectivity index (χ4n) is 3.04. The number of rotatable bonds is 7. The molecule has 8 heteroatoms. The summed E-state index contributed by atoms with van der Waals surface area (Å²) in [5.74, 6) is -1.37. The Labute approximate surface area is 175 Å². The second-order valence-electron chi connectivity index (χ2n) is 8.34. The first-order valence-electron chi connectivity index (χ1n) is 9.15. The van der Waals surface area contributed by atoms with E-state index in [1.54, 1.807) is 45.0 Å². The minimum Gasteiger partial charge on any atom is -0.480 e. The number of nitrogens with one attached hydrogen (secondary N) is 2. The van der Waals surface area contributed by atoms with Crippen molar-refractivity contribution in [1.82, 2.24) is 10.2 Å². The summed E-state index contributed by atoms with van der Waals surface area (Å²) in [6, 6.07) is 4.69. The zero-order chi connectivity index (χ0) is 21.6. The van der Waals surface area contributed by atoms with Crippen LogP contribution in [0.3, 0.4) is 0 Å². The van der Waals surface area contributed by atoms with Gasteiger partial charge in [0.15, 0.2) is 0 Å². The van der Waals surface area contributed by atoms with Gasteiger partial charge in [0.1, 0.15) is 12.1 Å². The molecule has 0 saturated heterocycles. The van der Waals surface area contributed by atoms with Crippen molar-refractivity contribution in [3.63, 3.8) is 0 Å². The van der Waals surface area contributed by atoms with Gasteiger partial charge in [-0.05, 0) is 42.0 Å². The molecule has 0 fully saturated rings. The molecule has 1 rings (SSSR count). The van der Waals surface area contributed by atoms with Gasteiger partial charge in [0, 0.05) is 17.2 Å². The van der Waals surface area contributed by atoms with Gasteiger partial charge in [-0.1, -0.05) is 50.5 Å². The highest BCUT2D eigenvalue weighted by Gasteiger charge is 2.39. The third kappa shape index (κ3) is 7.14. The van der Waals surface area contributed by atoms with Crippen molar-refractivity contribution >= 4 is 39.5 Å². The molecule has 0 aliphatic rings. The molecule has 0 bridgehead atoms. The quantitative estimate of drug-likeness (QED) is 0.579. The van der Waals surface area contributed by atoms with Gasteiger partial charge in [0.25, 0.3) is 0 Å². The molecule has 3 amide bonds. The smallest absolute Gasteiger partial charge is 0.326 e. The predicted molar refractivity (Wildman–Crippen MR) is 113 cm³/mol. The van der Waals surface area contributed by atoms with E-state index in [-0.39, 0.29) is 5.92 Å². The number of halogens is 1. The molecule has 156 valence electrons. The predicted octanol–water partition coefficient (Wildman–Crippen LogP) is 3.94. The van der Waals surface area contributed by atoms with E-state index < -0.39 is 35.4 Å². The number of carbonyl (C=O) groups is 3. The number of carboxylic acids is 1. The number of hydrogen-bond donors (Lipinski definition) is 3. The molecular formula is C20H30BrN3O4. The van der Waals surface area contributed by atoms with Crippen LogP contribution < -0.4 is 10.6 Å². The van der Waals surface area contributed by atoms with E-state index in [1.165, 1.54) is 11.9 Å². The number of carboxylic acid groups (broad SMARTS) is 1. The molecule has 1 aromatic carbocycles. The summed E-state index contributed by atoms with van der Waals surface area (Å²) in [6.45, 7) is 9.17. The Bertz CT molecular complexity index is 698. The third-order valence-corrected chi connectivity index (χ3v) is 4.73. The van der Waals surface area contributed by atoms with Gasteiger partial charge < -0.3 is 20.6 Å². The maximum Gasteiger partial charge on any atom is 0.326 e. The summed E-state index contributed by atoms with van der Waals surface area (Å²) in [4.78, 5) is 38.4. The summed E-state index contributed by atoms with van der Waals surface area (Å²) in [5.41, 5.74) is -0.0684. The molecule has 0 spiro atoms. The van der Waals surface area contributed by atoms with Gasteiger partial charge in [-0.15, -0.1) is 0 Å². The van der Waals surface area contributed by atoms with Crippen LogP contribution in [0.2, 0.25) is 0 Å². The van der Waals surface area contributed by atoms with E-state index in [9.17, 15) is 19.5 Å². The van der Waals surface area contributed by atoms with E-state index in [1.807, 2.05) is 13.8 Å². The van der Waals surface area contributed by atoms with Crippen molar-refractivity contribution in [2.45, 2.75) is 53.1 Å². The number of nitrogens with zero attached hydrogens (tertiary/aromatic N) is 1. The highest BCUT2D eigenvalue weighted by molar-refractivity contribution is 9.10. The van der Waals surface area contributed by atoms with Crippen LogP contribution in [0.4, 0.5) is 10.5 Å². The number of urea groups is 1. The van der Waals surface area contributed by atoms with E-state index in [2.05, 4.69) is 26.6 Å². The van der Waals surface area contributed by atoms with Crippen LogP contribution in [0.25, 0.3) is 0 Å². The van der Waals surface area contributed by atoms with Gasteiger partial charge in [0.2, 0.25) is 5.91 Å². The molecule has 0 aliphatic heterocycles. The molecule has 1 unspecified atom stereocenters. The normalized spacial score (nSPS) is 13.6. The lowest BCUT2D eigenvalue weighted by atomic mass is 9.85. The van der Waals surface area contributed by atoms with Crippen LogP contribution in [0.15, 0.2) is 28.7 Å². The highest BCUT2D eigenvalue weighted by atomic mass is 79.9. The topological polar surface area (TPSA) is 98.7 Å². The van der Waals surface area contributed by atoms with Crippen molar-refractivity contribution in [3.8, 4) is 0 Å². The fourth-order valence-corrected chi connectivity index (χ4v) is 3.31. The Morgan fingerprint density at radius 2 is 1.68 bits per heavy atom. The highest BCUT2D eigenvalue weighted by Crippen LogP contribution is 2.25. The first-order chi connectivity index (χ1) is 12.8. The number of benzene rings is 1. The average molecular weight is 456 g/mol. The van der Waals surface area contributed by atoms with Crippen LogP contribution in [-0.4, -0.2) is 47.0 Å². The van der Waals surface area contributed by atoms with E-state index in [0.717, 1.165) is 4.47 Å². The van der Waals surface area contributed by atoms with Crippen LogP contribution in [0, 0.1) is 11.3 Å². The largest absolute Gasteiger partial charge is 0.480 e. The molecule has 0 heterocycles. The van der Waals surface area contributed by atoms with Crippen molar-refractivity contribution in [2.24, 2.45) is 11.3 Å². The average Bonchev–Trinajstić information content (AvgIpc) is 2.53. The standard InChI is InChI=1S/C20H30BrN3O4/c1-12(2)11-15(17(25)24(6)16(18(26)27)20(3,4)5)23-19(28)22-14-9-7-13(21)8-10-14/h7-10,12,15-16H,11H2,1-6H3,(H,26,27)(H2,22,23,28)/t15-,16?/m0/s1. The number of amides is 3. The Balaban J connectivity index is 2.96. The maximum absolute atomic E-state index is 13.0. The molecule has 28 heavy (non-hydrogen) atoms. The van der Waals surface area contributed by atoms with Gasteiger partial charge in [-0.2, -0.15) is 0 Å². The van der Waals surface area contributed by atoms with Gasteiger partial charge in [-0.25, -0.2) is 9.59 Å². The number of hydrogen-bond acceptors (Lipinski definition) is 3. The van der Waals surface area contributed by atoms with E-state index in [0.29, 0.717) is 12.1 Å². The zero-order valence-electron chi connectivity index (χ0n) is 17.2. The van der Waals surface area contributed by atoms with Crippen molar-refractivity contribution < 1.29 is 19.5 Å². The lowest BCUT2D eigenvalue weighted by Gasteiger charge is -2.36. The fraction of sp³-hybridized carbons (Fsp3) is 0.550. The second-order valence-corrected chi connectivity index (χ2v) is 9.26. The Hall–Kier alpha value is -2.09. The Morgan fingerprint density at radius 3 is 2.11 bits per heavy atom. The van der Waals surface area contributed by atoms with Gasteiger partial charge in [0.05, 0.1) is 0 Å². The molecule has 0 saturated carbocycles. The van der Waals surface area contributed by atoms with Gasteiger partial charge in [-0.3, -0.25) is 4.79 Å². The summed E-state index contributed by atoms with van der Waals surface area (Å²) < 4.78 is 0.884. The summed E-state index contributed by atoms with van der Waals surface area (Å²) >= 11 is 3.33. The summed E-state index contributed by atoms with van der Waals surface area (Å²) in [6.07, 6.45) is 0.396. The monoisotopic (exact) mass is 455 g/mol. The summed E-state index contributed by atoms with van der Waals surface area (Å²) in [7, 11) is 1.47. The molecule has 0 radical (unpaired) electrons. The first-order valence-corrected chi connectivity index (χ1v) is 9.94. The molecule has 3 N–H and O–H groups in total. The van der Waals surface area contributed by atoms with Crippen molar-refractivity contribution in [3.05, 3.63) is 28.7 Å². The molecule has 0 aromatic heterocycles. The second kappa shape index (κ2) is 9.91. The molecule has 7 nitrogen and oxygen atoms in total. The molecule has 2 atom stereocenters. The first kappa shape index (κ1) is 23.9. The van der Waals surface area contributed by atoms with Crippen LogP contribution >= 0.6 is 15.9 Å². The van der Waals surface area contributed by atoms with Crippen molar-refractivity contribution in [1.29, 1.82) is 0 Å². The van der Waals surface area contributed by atoms with Crippen LogP contribution in [-0.2, 0) is 9.59 Å². The Kier molecular flexibility index (Phi) is 8.48. The summed E-state index contributed by atoms with van der Waals surface area (Å²) in [5, 5.41) is 15.0. The van der Waals surface area contributed by atoms with E-state index >= 15 is 0 Å². The van der Waals surface area contributed by atoms with Crippen molar-refractivity contribution in [2.75, 3.05) is 12.4 Å². The minimum absolute atomic E-state index is 0.133. The van der Waals surface area contributed by atoms with E-state index in [4.69, 9.17) is 0 Å². The number of carbonyl (C=O) groups excluding carboxylic acids is 2. The lowest BCUT2D eigenvalue weighted by molar-refractivity contribution is -0.154. The molecule has 0 aliphatic carbocycles. The molecular weight excluding hydrogens is 426 g/mol. The molecule has 1 aromatic rings. The van der Waals surface area contributed by atoms with Crippen LogP contribution in [0.1, 0.15) is 41.0 Å². The zero-order valence-corrected chi connectivity index (χ0v) is 18.8. The lowest BCUT2D eigenvalue weighted by Crippen LogP contribution is -2.56. The number of aliphatic carboxylic acids is 1. The van der Waals surface area contributed by atoms with Crippen LogP contribution in [0.5, 0.6) is 0 Å². The maximum atomic E-state index is 13.0. The Morgan fingerprint density at radius 1 is 1.14 bits per heavy atom.